The average molecular weight is 276 g/mol. The number of hydrogen-bond donors (Lipinski definition) is 1. The lowest BCUT2D eigenvalue weighted by molar-refractivity contribution is 0.102. The van der Waals surface area contributed by atoms with E-state index in [0.717, 1.165) is 31.9 Å². The molecular weight excluding hydrogens is 248 g/mol. The molecule has 1 aliphatic rings. The van der Waals surface area contributed by atoms with Crippen LogP contribution in [0.2, 0.25) is 0 Å². The predicted molar refractivity (Wildman–Crippen MR) is 84.3 cm³/mol. The number of piperazine rings is 1. The molecule has 1 saturated heterocycles. The van der Waals surface area contributed by atoms with Crippen molar-refractivity contribution in [3.8, 4) is 5.75 Å². The van der Waals surface area contributed by atoms with Gasteiger partial charge < -0.3 is 10.1 Å². The van der Waals surface area contributed by atoms with Crippen LogP contribution in [0.1, 0.15) is 40.2 Å². The second kappa shape index (κ2) is 5.74. The molecule has 0 spiro atoms. The Morgan fingerprint density at radius 1 is 0.950 bits per heavy atom. The van der Waals surface area contributed by atoms with Crippen molar-refractivity contribution in [2.24, 2.45) is 0 Å². The van der Waals surface area contributed by atoms with Gasteiger partial charge in [-0.15, -0.1) is 0 Å². The summed E-state index contributed by atoms with van der Waals surface area (Å²) in [6.45, 7) is 15.2. The fourth-order valence-corrected chi connectivity index (χ4v) is 2.69. The molecule has 0 aromatic heterocycles. The van der Waals surface area contributed by atoms with Crippen molar-refractivity contribution in [1.29, 1.82) is 0 Å². The Hall–Kier alpha value is -1.06. The Kier molecular flexibility index (Phi) is 4.40. The third-order valence-corrected chi connectivity index (χ3v) is 3.89. The van der Waals surface area contributed by atoms with Crippen LogP contribution in [-0.2, 0) is 5.54 Å². The molecule has 0 amide bonds. The molecule has 0 saturated carbocycles. The lowest BCUT2D eigenvalue weighted by atomic mass is 9.91. The Morgan fingerprint density at radius 2 is 1.50 bits per heavy atom. The Balaban J connectivity index is 2.11. The maximum atomic E-state index is 5.89. The minimum Gasteiger partial charge on any atom is -0.488 e. The van der Waals surface area contributed by atoms with Crippen LogP contribution in [-0.4, -0.2) is 36.7 Å². The van der Waals surface area contributed by atoms with E-state index in [-0.39, 0.29) is 11.1 Å². The average Bonchev–Trinajstić information content (AvgIpc) is 2.38. The first-order chi connectivity index (χ1) is 9.29. The van der Waals surface area contributed by atoms with E-state index in [4.69, 9.17) is 4.74 Å². The van der Waals surface area contributed by atoms with Gasteiger partial charge in [0.1, 0.15) is 11.4 Å². The maximum Gasteiger partial charge on any atom is 0.120 e. The van der Waals surface area contributed by atoms with E-state index in [0.29, 0.717) is 0 Å². The molecule has 3 heteroatoms. The number of nitrogens with one attached hydrogen (secondary N) is 1. The van der Waals surface area contributed by atoms with Crippen LogP contribution in [0.3, 0.4) is 0 Å². The highest BCUT2D eigenvalue weighted by Gasteiger charge is 2.29. The van der Waals surface area contributed by atoms with Gasteiger partial charge in [0.2, 0.25) is 0 Å². The van der Waals surface area contributed by atoms with Gasteiger partial charge >= 0.3 is 0 Å². The summed E-state index contributed by atoms with van der Waals surface area (Å²) in [6, 6.07) is 8.57. The van der Waals surface area contributed by atoms with Crippen molar-refractivity contribution < 1.29 is 4.74 Å². The standard InChI is InChI=1S/C17H28N2O/c1-16(2,3)20-15-8-6-14(7-9-15)17(4,5)19-12-10-18-11-13-19/h6-9,18H,10-13H2,1-5H3. The lowest BCUT2D eigenvalue weighted by Gasteiger charge is -2.41. The monoisotopic (exact) mass is 276 g/mol. The molecule has 0 atom stereocenters. The van der Waals surface area contributed by atoms with Crippen molar-refractivity contribution in [3.63, 3.8) is 0 Å². The third-order valence-electron chi connectivity index (χ3n) is 3.89. The molecule has 1 aromatic carbocycles. The summed E-state index contributed by atoms with van der Waals surface area (Å²) in [4.78, 5) is 2.54. The number of hydrogen-bond acceptors (Lipinski definition) is 3. The minimum absolute atomic E-state index is 0.0718. The summed E-state index contributed by atoms with van der Waals surface area (Å²) < 4.78 is 5.89. The van der Waals surface area contributed by atoms with Gasteiger partial charge in [-0.2, -0.15) is 0 Å². The van der Waals surface area contributed by atoms with Gasteiger partial charge in [-0.3, -0.25) is 4.90 Å². The van der Waals surface area contributed by atoms with Crippen molar-refractivity contribution in [3.05, 3.63) is 29.8 Å². The van der Waals surface area contributed by atoms with Crippen LogP contribution >= 0.6 is 0 Å². The van der Waals surface area contributed by atoms with Crippen LogP contribution in [0.4, 0.5) is 0 Å². The van der Waals surface area contributed by atoms with Gasteiger partial charge in [0.25, 0.3) is 0 Å². The maximum absolute atomic E-state index is 5.89. The molecule has 0 aliphatic carbocycles. The van der Waals surface area contributed by atoms with Gasteiger partial charge in [0.15, 0.2) is 0 Å². The SMILES string of the molecule is CC(C)(C)Oc1ccc(C(C)(C)N2CCNCC2)cc1. The summed E-state index contributed by atoms with van der Waals surface area (Å²) >= 11 is 0. The largest absolute Gasteiger partial charge is 0.488 e. The van der Waals surface area contributed by atoms with Gasteiger partial charge in [0.05, 0.1) is 0 Å². The Morgan fingerprint density at radius 3 is 2.00 bits per heavy atom. The molecule has 112 valence electrons. The molecule has 2 rings (SSSR count). The first-order valence-corrected chi connectivity index (χ1v) is 7.54. The van der Waals surface area contributed by atoms with Gasteiger partial charge in [-0.05, 0) is 52.3 Å². The van der Waals surface area contributed by atoms with Crippen LogP contribution in [0.15, 0.2) is 24.3 Å². The summed E-state index contributed by atoms with van der Waals surface area (Å²) in [7, 11) is 0. The highest BCUT2D eigenvalue weighted by Crippen LogP contribution is 2.30. The number of ether oxygens (including phenoxy) is 1. The summed E-state index contributed by atoms with van der Waals surface area (Å²) in [5, 5.41) is 3.41. The van der Waals surface area contributed by atoms with Gasteiger partial charge in [-0.25, -0.2) is 0 Å². The van der Waals surface area contributed by atoms with E-state index in [9.17, 15) is 0 Å². The predicted octanol–water partition coefficient (Wildman–Crippen LogP) is 3.00. The van der Waals surface area contributed by atoms with E-state index in [1.807, 2.05) is 0 Å². The second-order valence-corrected chi connectivity index (χ2v) is 7.03. The molecule has 0 bridgehead atoms. The molecule has 1 fully saturated rings. The minimum atomic E-state index is -0.143. The Bertz CT molecular complexity index is 425. The van der Waals surface area contributed by atoms with Crippen LogP contribution < -0.4 is 10.1 Å². The molecule has 1 aromatic rings. The zero-order valence-electron chi connectivity index (χ0n) is 13.5. The fraction of sp³-hybridized carbons (Fsp3) is 0.647. The Labute approximate surface area is 123 Å². The second-order valence-electron chi connectivity index (χ2n) is 7.03. The van der Waals surface area contributed by atoms with Crippen molar-refractivity contribution in [1.82, 2.24) is 10.2 Å². The van der Waals surface area contributed by atoms with Crippen molar-refractivity contribution >= 4 is 0 Å². The molecule has 1 aliphatic heterocycles. The third kappa shape index (κ3) is 3.74. The van der Waals surface area contributed by atoms with Crippen molar-refractivity contribution in [2.75, 3.05) is 26.2 Å². The smallest absolute Gasteiger partial charge is 0.120 e. The van der Waals surface area contributed by atoms with Gasteiger partial charge in [0, 0.05) is 31.7 Å². The molecule has 3 nitrogen and oxygen atoms in total. The van der Waals surface area contributed by atoms with E-state index in [2.05, 4.69) is 69.1 Å². The summed E-state index contributed by atoms with van der Waals surface area (Å²) in [5.41, 5.74) is 1.28. The molecule has 1 N–H and O–H groups in total. The van der Waals surface area contributed by atoms with E-state index < -0.39 is 0 Å². The zero-order chi connectivity index (χ0) is 14.8. The van der Waals surface area contributed by atoms with Crippen molar-refractivity contribution in [2.45, 2.75) is 45.8 Å². The summed E-state index contributed by atoms with van der Waals surface area (Å²) in [6.07, 6.45) is 0. The fourth-order valence-electron chi connectivity index (χ4n) is 2.69. The van der Waals surface area contributed by atoms with Crippen LogP contribution in [0.5, 0.6) is 5.75 Å². The summed E-state index contributed by atoms with van der Waals surface area (Å²) in [5.74, 6) is 0.942. The molecular formula is C17H28N2O. The molecule has 20 heavy (non-hydrogen) atoms. The van der Waals surface area contributed by atoms with Crippen LogP contribution in [0, 0.1) is 0 Å². The topological polar surface area (TPSA) is 24.5 Å². The number of benzene rings is 1. The van der Waals surface area contributed by atoms with E-state index in [1.54, 1.807) is 0 Å². The normalized spacial score (nSPS) is 18.1. The highest BCUT2D eigenvalue weighted by atomic mass is 16.5. The lowest BCUT2D eigenvalue weighted by Crippen LogP contribution is -2.51. The zero-order valence-corrected chi connectivity index (χ0v) is 13.5. The van der Waals surface area contributed by atoms with Gasteiger partial charge in [-0.1, -0.05) is 12.1 Å². The molecule has 0 unspecified atom stereocenters. The van der Waals surface area contributed by atoms with E-state index in [1.165, 1.54) is 5.56 Å². The first kappa shape index (κ1) is 15.3. The molecule has 0 radical (unpaired) electrons. The first-order valence-electron chi connectivity index (χ1n) is 7.54. The van der Waals surface area contributed by atoms with Crippen LogP contribution in [0.25, 0.3) is 0 Å². The van der Waals surface area contributed by atoms with E-state index >= 15 is 0 Å². The number of rotatable bonds is 3. The quantitative estimate of drug-likeness (QED) is 0.918. The molecule has 1 heterocycles. The number of nitrogens with zero attached hydrogens (tertiary/aromatic N) is 1. The highest BCUT2D eigenvalue weighted by molar-refractivity contribution is 5.31.